The van der Waals surface area contributed by atoms with Gasteiger partial charge in [-0.3, -0.25) is 4.98 Å². The number of hydrogen-bond acceptors (Lipinski definition) is 3. The summed E-state index contributed by atoms with van der Waals surface area (Å²) in [7, 11) is 0. The Hall–Kier alpha value is -2.03. The molecule has 3 heteroatoms. The Labute approximate surface area is 101 Å². The monoisotopic (exact) mass is 227 g/mol. The van der Waals surface area contributed by atoms with Crippen LogP contribution in [0.15, 0.2) is 42.1 Å². The number of nitrogens with zero attached hydrogens (tertiary/aromatic N) is 1. The number of pyridine rings is 1. The maximum Gasteiger partial charge on any atom is 0.0951 e. The van der Waals surface area contributed by atoms with Crippen molar-refractivity contribution in [3.05, 3.63) is 42.1 Å². The fraction of sp³-hybridized carbons (Fsp3) is 0.214. The lowest BCUT2D eigenvalue weighted by molar-refractivity contribution is 1.27. The Morgan fingerprint density at radius 1 is 1.35 bits per heavy atom. The van der Waals surface area contributed by atoms with Crippen molar-refractivity contribution in [2.24, 2.45) is 0 Å². The number of allylic oxidation sites excluding steroid dienone is 1. The van der Waals surface area contributed by atoms with Gasteiger partial charge < -0.3 is 11.1 Å². The lowest BCUT2D eigenvalue weighted by Gasteiger charge is -2.09. The molecule has 0 unspecified atom stereocenters. The third-order valence-corrected chi connectivity index (χ3v) is 2.60. The van der Waals surface area contributed by atoms with E-state index in [9.17, 15) is 0 Å². The molecule has 0 saturated heterocycles. The molecule has 2 rings (SSSR count). The molecule has 0 radical (unpaired) electrons. The van der Waals surface area contributed by atoms with Crippen LogP contribution in [0, 0.1) is 0 Å². The van der Waals surface area contributed by atoms with Crippen molar-refractivity contribution in [1.82, 2.24) is 4.98 Å². The molecule has 88 valence electrons. The molecule has 1 heterocycles. The second-order valence-electron chi connectivity index (χ2n) is 4.26. The third-order valence-electron chi connectivity index (χ3n) is 2.60. The highest BCUT2D eigenvalue weighted by atomic mass is 14.9. The molecular weight excluding hydrogens is 210 g/mol. The van der Waals surface area contributed by atoms with Crippen LogP contribution in [0.5, 0.6) is 0 Å². The molecule has 0 aliphatic rings. The number of hydrogen-bond donors (Lipinski definition) is 2. The van der Waals surface area contributed by atoms with Crippen LogP contribution in [0.1, 0.15) is 13.8 Å². The molecule has 3 N–H and O–H groups in total. The predicted octanol–water partition coefficient (Wildman–Crippen LogP) is 3.20. The molecule has 0 atom stereocenters. The number of fused-ring (bicyclic) bond motifs is 1. The van der Waals surface area contributed by atoms with Crippen molar-refractivity contribution < 1.29 is 0 Å². The first-order chi connectivity index (χ1) is 8.18. The van der Waals surface area contributed by atoms with Gasteiger partial charge in [0.25, 0.3) is 0 Å². The third kappa shape index (κ3) is 2.56. The molecule has 0 bridgehead atoms. The van der Waals surface area contributed by atoms with E-state index in [-0.39, 0.29) is 0 Å². The average Bonchev–Trinajstić information content (AvgIpc) is 2.32. The maximum absolute atomic E-state index is 5.90. The minimum Gasteiger partial charge on any atom is -0.397 e. The van der Waals surface area contributed by atoms with Gasteiger partial charge in [-0.15, -0.1) is 0 Å². The van der Waals surface area contributed by atoms with Gasteiger partial charge in [0.2, 0.25) is 0 Å². The zero-order chi connectivity index (χ0) is 12.3. The number of anilines is 2. The van der Waals surface area contributed by atoms with Crippen molar-refractivity contribution >= 4 is 22.3 Å². The molecule has 0 saturated carbocycles. The van der Waals surface area contributed by atoms with E-state index in [1.807, 2.05) is 24.3 Å². The SMILES string of the molecule is CC(C)=CCNc1ccc(N)c2ncccc12. The summed E-state index contributed by atoms with van der Waals surface area (Å²) in [6, 6.07) is 7.84. The smallest absolute Gasteiger partial charge is 0.0951 e. The molecule has 0 aliphatic heterocycles. The van der Waals surface area contributed by atoms with Crippen LogP contribution >= 0.6 is 0 Å². The number of aromatic nitrogens is 1. The number of nitrogens with two attached hydrogens (primary N) is 1. The summed E-state index contributed by atoms with van der Waals surface area (Å²) in [5, 5.41) is 4.44. The standard InChI is InChI=1S/C14H17N3/c1-10(2)7-9-16-13-6-5-12(15)14-11(13)4-3-8-17-14/h3-8,16H,9,15H2,1-2H3. The van der Waals surface area contributed by atoms with Crippen LogP contribution in [-0.2, 0) is 0 Å². The van der Waals surface area contributed by atoms with Gasteiger partial charge in [-0.05, 0) is 38.1 Å². The molecule has 1 aromatic heterocycles. The van der Waals surface area contributed by atoms with Crippen LogP contribution in [0.4, 0.5) is 11.4 Å². The van der Waals surface area contributed by atoms with Crippen molar-refractivity contribution in [3.63, 3.8) is 0 Å². The van der Waals surface area contributed by atoms with Gasteiger partial charge in [-0.2, -0.15) is 0 Å². The highest BCUT2D eigenvalue weighted by Crippen LogP contribution is 2.26. The first-order valence-electron chi connectivity index (χ1n) is 5.69. The van der Waals surface area contributed by atoms with Crippen LogP contribution in [0.25, 0.3) is 10.9 Å². The normalized spacial score (nSPS) is 10.2. The van der Waals surface area contributed by atoms with Gasteiger partial charge in [0.1, 0.15) is 0 Å². The number of rotatable bonds is 3. The average molecular weight is 227 g/mol. The summed E-state index contributed by atoms with van der Waals surface area (Å²) >= 11 is 0. The van der Waals surface area contributed by atoms with Crippen LogP contribution < -0.4 is 11.1 Å². The molecule has 17 heavy (non-hydrogen) atoms. The van der Waals surface area contributed by atoms with Gasteiger partial charge in [0.15, 0.2) is 0 Å². The van der Waals surface area contributed by atoms with Gasteiger partial charge >= 0.3 is 0 Å². The Bertz CT molecular complexity index is 554. The second kappa shape index (κ2) is 4.87. The minimum absolute atomic E-state index is 0.716. The van der Waals surface area contributed by atoms with E-state index in [4.69, 9.17) is 5.73 Å². The number of nitrogen functional groups attached to an aromatic ring is 1. The predicted molar refractivity (Wildman–Crippen MR) is 74.1 cm³/mol. The van der Waals surface area contributed by atoms with Crippen LogP contribution in [0.3, 0.4) is 0 Å². The van der Waals surface area contributed by atoms with E-state index in [0.29, 0.717) is 5.69 Å². The molecule has 0 spiro atoms. The zero-order valence-corrected chi connectivity index (χ0v) is 10.2. The largest absolute Gasteiger partial charge is 0.397 e. The molecule has 2 aromatic rings. The lowest BCUT2D eigenvalue weighted by atomic mass is 10.1. The van der Waals surface area contributed by atoms with E-state index < -0.39 is 0 Å². The Morgan fingerprint density at radius 3 is 2.94 bits per heavy atom. The quantitative estimate of drug-likeness (QED) is 0.625. The summed E-state index contributed by atoms with van der Waals surface area (Å²) < 4.78 is 0. The fourth-order valence-corrected chi connectivity index (χ4v) is 1.71. The van der Waals surface area contributed by atoms with Crippen molar-refractivity contribution in [2.45, 2.75) is 13.8 Å². The Morgan fingerprint density at radius 2 is 2.18 bits per heavy atom. The van der Waals surface area contributed by atoms with E-state index in [1.54, 1.807) is 6.20 Å². The zero-order valence-electron chi connectivity index (χ0n) is 10.2. The van der Waals surface area contributed by atoms with E-state index in [0.717, 1.165) is 23.1 Å². The van der Waals surface area contributed by atoms with Crippen molar-refractivity contribution in [2.75, 3.05) is 17.6 Å². The molecule has 3 nitrogen and oxygen atoms in total. The summed E-state index contributed by atoms with van der Waals surface area (Å²) in [5.41, 5.74) is 9.84. The molecule has 0 fully saturated rings. The summed E-state index contributed by atoms with van der Waals surface area (Å²) in [5.74, 6) is 0. The molecule has 1 aromatic carbocycles. The highest BCUT2D eigenvalue weighted by molar-refractivity contribution is 5.98. The van der Waals surface area contributed by atoms with Crippen LogP contribution in [0.2, 0.25) is 0 Å². The number of nitrogens with one attached hydrogen (secondary N) is 1. The van der Waals surface area contributed by atoms with Gasteiger partial charge in [-0.1, -0.05) is 11.6 Å². The minimum atomic E-state index is 0.716. The van der Waals surface area contributed by atoms with Crippen molar-refractivity contribution in [3.8, 4) is 0 Å². The van der Waals surface area contributed by atoms with Crippen LogP contribution in [-0.4, -0.2) is 11.5 Å². The highest BCUT2D eigenvalue weighted by Gasteiger charge is 2.03. The lowest BCUT2D eigenvalue weighted by Crippen LogP contribution is -2.01. The van der Waals surface area contributed by atoms with E-state index in [2.05, 4.69) is 30.2 Å². The fourth-order valence-electron chi connectivity index (χ4n) is 1.71. The second-order valence-corrected chi connectivity index (χ2v) is 4.26. The molecule has 0 aliphatic carbocycles. The van der Waals surface area contributed by atoms with Gasteiger partial charge in [-0.25, -0.2) is 0 Å². The van der Waals surface area contributed by atoms with Crippen molar-refractivity contribution in [1.29, 1.82) is 0 Å². The summed E-state index contributed by atoms with van der Waals surface area (Å²) in [4.78, 5) is 4.30. The Kier molecular flexibility index (Phi) is 3.28. The maximum atomic E-state index is 5.90. The topological polar surface area (TPSA) is 50.9 Å². The first kappa shape index (κ1) is 11.5. The first-order valence-corrected chi connectivity index (χ1v) is 5.69. The Balaban J connectivity index is 2.35. The van der Waals surface area contributed by atoms with E-state index >= 15 is 0 Å². The number of benzene rings is 1. The van der Waals surface area contributed by atoms with E-state index in [1.165, 1.54) is 5.57 Å². The summed E-state index contributed by atoms with van der Waals surface area (Å²) in [6.07, 6.45) is 3.91. The molecular formula is C14H17N3. The van der Waals surface area contributed by atoms with Gasteiger partial charge in [0.05, 0.1) is 11.2 Å². The molecule has 0 amide bonds. The summed E-state index contributed by atoms with van der Waals surface area (Å²) in [6.45, 7) is 4.99. The van der Waals surface area contributed by atoms with Gasteiger partial charge in [0, 0.05) is 23.8 Å².